The van der Waals surface area contributed by atoms with Crippen molar-refractivity contribution in [2.24, 2.45) is 0 Å². The van der Waals surface area contributed by atoms with Gasteiger partial charge in [0.2, 0.25) is 0 Å². The maximum atomic E-state index is 12.5. The SMILES string of the molecule is CCCCC[C@@]12O[C@]1(C)CCC2OS(=O)(=O)c1ccccc1. The molecular weight excluding hydrogens is 300 g/mol. The Kier molecular flexibility index (Phi) is 4.08. The highest BCUT2D eigenvalue weighted by atomic mass is 32.2. The van der Waals surface area contributed by atoms with Crippen LogP contribution in [0.3, 0.4) is 0 Å². The van der Waals surface area contributed by atoms with Crippen molar-refractivity contribution in [3.8, 4) is 0 Å². The van der Waals surface area contributed by atoms with Crippen LogP contribution in [0.25, 0.3) is 0 Å². The van der Waals surface area contributed by atoms with Crippen LogP contribution in [0, 0.1) is 0 Å². The molecule has 1 aromatic rings. The summed E-state index contributed by atoms with van der Waals surface area (Å²) in [6, 6.07) is 8.35. The van der Waals surface area contributed by atoms with Gasteiger partial charge in [0.25, 0.3) is 10.1 Å². The fourth-order valence-electron chi connectivity index (χ4n) is 3.72. The number of fused-ring (bicyclic) bond motifs is 1. The van der Waals surface area contributed by atoms with Crippen molar-refractivity contribution < 1.29 is 17.3 Å². The van der Waals surface area contributed by atoms with Crippen LogP contribution in [-0.4, -0.2) is 25.7 Å². The zero-order valence-electron chi connectivity index (χ0n) is 13.2. The lowest BCUT2D eigenvalue weighted by molar-refractivity contribution is 0.0796. The second-order valence-electron chi connectivity index (χ2n) is 6.57. The third-order valence-electron chi connectivity index (χ3n) is 5.09. The second-order valence-corrected chi connectivity index (χ2v) is 8.14. The lowest BCUT2D eigenvalue weighted by Crippen LogP contribution is -2.34. The number of hydrogen-bond donors (Lipinski definition) is 0. The van der Waals surface area contributed by atoms with Gasteiger partial charge in [-0.1, -0.05) is 44.4 Å². The molecule has 0 bridgehead atoms. The van der Waals surface area contributed by atoms with Crippen molar-refractivity contribution in [2.45, 2.75) is 74.6 Å². The number of hydrogen-bond acceptors (Lipinski definition) is 4. The molecule has 0 spiro atoms. The third-order valence-corrected chi connectivity index (χ3v) is 6.43. The topological polar surface area (TPSA) is 55.9 Å². The van der Waals surface area contributed by atoms with Gasteiger partial charge in [-0.2, -0.15) is 8.42 Å². The Morgan fingerprint density at radius 3 is 2.64 bits per heavy atom. The Bertz CT molecular complexity index is 627. The molecule has 0 radical (unpaired) electrons. The van der Waals surface area contributed by atoms with Gasteiger partial charge in [0, 0.05) is 0 Å². The van der Waals surface area contributed by atoms with Crippen LogP contribution in [0.4, 0.5) is 0 Å². The van der Waals surface area contributed by atoms with E-state index in [1.54, 1.807) is 30.3 Å². The van der Waals surface area contributed by atoms with Crippen LogP contribution >= 0.6 is 0 Å². The van der Waals surface area contributed by atoms with E-state index in [2.05, 4.69) is 13.8 Å². The number of unbranched alkanes of at least 4 members (excludes halogenated alkanes) is 2. The summed E-state index contributed by atoms with van der Waals surface area (Å²) in [6.45, 7) is 4.24. The van der Waals surface area contributed by atoms with Gasteiger partial charge in [0.1, 0.15) is 11.7 Å². The fraction of sp³-hybridized carbons (Fsp3) is 0.647. The predicted octanol–water partition coefficient (Wildman–Crippen LogP) is 3.66. The summed E-state index contributed by atoms with van der Waals surface area (Å²) >= 11 is 0. The highest BCUT2D eigenvalue weighted by Gasteiger charge is 2.74. The molecule has 5 heteroatoms. The molecule has 3 rings (SSSR count). The zero-order valence-corrected chi connectivity index (χ0v) is 14.1. The number of epoxide rings is 1. The smallest absolute Gasteiger partial charge is 0.297 e. The summed E-state index contributed by atoms with van der Waals surface area (Å²) < 4.78 is 36.5. The molecule has 3 atom stereocenters. The third kappa shape index (κ3) is 2.59. The molecule has 22 heavy (non-hydrogen) atoms. The maximum absolute atomic E-state index is 12.5. The van der Waals surface area contributed by atoms with Gasteiger partial charge < -0.3 is 4.74 Å². The molecule has 1 saturated carbocycles. The van der Waals surface area contributed by atoms with Gasteiger partial charge in [-0.15, -0.1) is 0 Å². The van der Waals surface area contributed by atoms with Crippen molar-refractivity contribution in [1.82, 2.24) is 0 Å². The minimum absolute atomic E-state index is 0.197. The lowest BCUT2D eigenvalue weighted by atomic mass is 9.91. The highest BCUT2D eigenvalue weighted by molar-refractivity contribution is 7.86. The first-order valence-corrected chi connectivity index (χ1v) is 9.53. The van der Waals surface area contributed by atoms with Crippen molar-refractivity contribution >= 4 is 10.1 Å². The van der Waals surface area contributed by atoms with Crippen LogP contribution < -0.4 is 0 Å². The Morgan fingerprint density at radius 1 is 1.27 bits per heavy atom. The molecule has 1 aliphatic heterocycles. The highest BCUT2D eigenvalue weighted by Crippen LogP contribution is 2.63. The summed E-state index contributed by atoms with van der Waals surface area (Å²) in [5.74, 6) is 0. The van der Waals surface area contributed by atoms with Gasteiger partial charge in [-0.3, -0.25) is 4.18 Å². The number of ether oxygens (including phenoxy) is 1. The molecule has 0 N–H and O–H groups in total. The van der Waals surface area contributed by atoms with E-state index in [1.165, 1.54) is 0 Å². The maximum Gasteiger partial charge on any atom is 0.297 e. The summed E-state index contributed by atoms with van der Waals surface area (Å²) in [5, 5.41) is 0. The summed E-state index contributed by atoms with van der Waals surface area (Å²) in [4.78, 5) is 0.216. The van der Waals surface area contributed by atoms with Crippen molar-refractivity contribution in [3.63, 3.8) is 0 Å². The van der Waals surface area contributed by atoms with Crippen LogP contribution in [0.5, 0.6) is 0 Å². The Morgan fingerprint density at radius 2 is 2.00 bits per heavy atom. The average Bonchev–Trinajstić information content (AvgIpc) is 3.02. The molecule has 1 unspecified atom stereocenters. The number of benzene rings is 1. The first-order chi connectivity index (χ1) is 10.4. The molecule has 1 aromatic carbocycles. The Labute approximate surface area is 132 Å². The first kappa shape index (κ1) is 16.0. The Hall–Kier alpha value is -0.910. The molecule has 2 aliphatic rings. The number of rotatable bonds is 7. The predicted molar refractivity (Wildman–Crippen MR) is 84.1 cm³/mol. The van der Waals surface area contributed by atoms with Gasteiger partial charge >= 0.3 is 0 Å². The minimum atomic E-state index is -3.73. The molecule has 1 aliphatic carbocycles. The van der Waals surface area contributed by atoms with Crippen LogP contribution in [0.15, 0.2) is 35.2 Å². The molecule has 2 fully saturated rings. The first-order valence-electron chi connectivity index (χ1n) is 8.12. The quantitative estimate of drug-likeness (QED) is 0.436. The molecule has 122 valence electrons. The van der Waals surface area contributed by atoms with Gasteiger partial charge in [0.15, 0.2) is 0 Å². The summed E-state index contributed by atoms with van der Waals surface area (Å²) in [7, 11) is -3.73. The van der Waals surface area contributed by atoms with E-state index < -0.39 is 15.7 Å². The molecular formula is C17H24O4S. The van der Waals surface area contributed by atoms with E-state index in [0.717, 1.165) is 38.5 Å². The zero-order chi connectivity index (χ0) is 15.8. The van der Waals surface area contributed by atoms with Crippen LogP contribution in [-0.2, 0) is 19.0 Å². The van der Waals surface area contributed by atoms with E-state index in [4.69, 9.17) is 8.92 Å². The van der Waals surface area contributed by atoms with Crippen molar-refractivity contribution in [1.29, 1.82) is 0 Å². The Balaban J connectivity index is 1.75. The molecule has 1 heterocycles. The van der Waals surface area contributed by atoms with Crippen LogP contribution in [0.2, 0.25) is 0 Å². The van der Waals surface area contributed by atoms with E-state index in [-0.39, 0.29) is 16.6 Å². The largest absolute Gasteiger partial charge is 0.360 e. The molecule has 0 aromatic heterocycles. The van der Waals surface area contributed by atoms with E-state index in [1.807, 2.05) is 0 Å². The van der Waals surface area contributed by atoms with Crippen LogP contribution in [0.1, 0.15) is 52.4 Å². The standard InChI is InChI=1S/C17H24O4S/c1-3-4-8-12-17-15(11-13-16(17,2)21-17)20-22(18,19)14-9-6-5-7-10-14/h5-7,9-10,15H,3-4,8,11-13H2,1-2H3/t15?,16-,17+/m1/s1. The minimum Gasteiger partial charge on any atom is -0.360 e. The van der Waals surface area contributed by atoms with Crippen molar-refractivity contribution in [3.05, 3.63) is 30.3 Å². The van der Waals surface area contributed by atoms with Crippen molar-refractivity contribution in [2.75, 3.05) is 0 Å². The molecule has 1 saturated heterocycles. The fourth-order valence-corrected chi connectivity index (χ4v) is 4.88. The van der Waals surface area contributed by atoms with E-state index in [0.29, 0.717) is 0 Å². The summed E-state index contributed by atoms with van der Waals surface area (Å²) in [6.07, 6.45) is 5.46. The molecule has 4 nitrogen and oxygen atoms in total. The normalized spacial score (nSPS) is 33.6. The van der Waals surface area contributed by atoms with Gasteiger partial charge in [-0.25, -0.2) is 0 Å². The lowest BCUT2D eigenvalue weighted by Gasteiger charge is -2.21. The average molecular weight is 324 g/mol. The van der Waals surface area contributed by atoms with E-state index in [9.17, 15) is 8.42 Å². The van der Waals surface area contributed by atoms with Gasteiger partial charge in [0.05, 0.1) is 10.5 Å². The summed E-state index contributed by atoms with van der Waals surface area (Å²) in [5.41, 5.74) is -0.596. The van der Waals surface area contributed by atoms with E-state index >= 15 is 0 Å². The molecule has 0 amide bonds. The second kappa shape index (κ2) is 5.62. The monoisotopic (exact) mass is 324 g/mol. The van der Waals surface area contributed by atoms with Gasteiger partial charge in [-0.05, 0) is 38.3 Å².